The summed E-state index contributed by atoms with van der Waals surface area (Å²) in [5.74, 6) is 2.04. The van der Waals surface area contributed by atoms with E-state index in [9.17, 15) is 0 Å². The van der Waals surface area contributed by atoms with Crippen molar-refractivity contribution < 1.29 is 4.42 Å². The zero-order chi connectivity index (χ0) is 7.40. The molecule has 0 aliphatic carbocycles. The van der Waals surface area contributed by atoms with E-state index in [0.717, 1.165) is 24.4 Å². The summed E-state index contributed by atoms with van der Waals surface area (Å²) in [5.41, 5.74) is 1.25. The van der Waals surface area contributed by atoms with Crippen LogP contribution in [0.25, 0.3) is 0 Å². The van der Waals surface area contributed by atoms with E-state index in [1.165, 1.54) is 5.56 Å². The molecule has 1 aromatic heterocycles. The summed E-state index contributed by atoms with van der Waals surface area (Å²) < 4.78 is 5.23. The minimum Gasteiger partial charge on any atom is -0.469 e. The van der Waals surface area contributed by atoms with Crippen LogP contribution in [0.5, 0.6) is 0 Å². The van der Waals surface area contributed by atoms with Gasteiger partial charge in [-0.3, -0.25) is 0 Å². The van der Waals surface area contributed by atoms with Crippen LogP contribution >= 0.6 is 12.6 Å². The van der Waals surface area contributed by atoms with E-state index < -0.39 is 0 Å². The maximum Gasteiger partial charge on any atom is 0.106 e. The monoisotopic (exact) mass is 156 g/mol. The third-order valence-corrected chi connectivity index (χ3v) is 1.85. The lowest BCUT2D eigenvalue weighted by Crippen LogP contribution is -1.84. The van der Waals surface area contributed by atoms with Crippen molar-refractivity contribution in [2.24, 2.45) is 0 Å². The Kier molecular flexibility index (Phi) is 2.87. The van der Waals surface area contributed by atoms with Crippen molar-refractivity contribution in [3.05, 3.63) is 23.7 Å². The Morgan fingerprint density at radius 2 is 2.40 bits per heavy atom. The molecule has 56 valence electrons. The first-order chi connectivity index (χ1) is 4.84. The average Bonchev–Trinajstić information content (AvgIpc) is 2.31. The molecule has 0 aliphatic heterocycles. The highest BCUT2D eigenvalue weighted by Crippen LogP contribution is 2.10. The Morgan fingerprint density at radius 1 is 1.60 bits per heavy atom. The summed E-state index contributed by atoms with van der Waals surface area (Å²) in [4.78, 5) is 0. The van der Waals surface area contributed by atoms with E-state index in [0.29, 0.717) is 0 Å². The minimum absolute atomic E-state index is 0.931. The van der Waals surface area contributed by atoms with E-state index >= 15 is 0 Å². The Balaban J connectivity index is 2.49. The molecule has 0 aliphatic rings. The summed E-state index contributed by atoms with van der Waals surface area (Å²) in [6.45, 7) is 2.07. The standard InChI is InChI=1S/C8H12OS/c1-7-4-5-9-8(7)3-2-6-10/h4-5,10H,2-3,6H2,1H3. The highest BCUT2D eigenvalue weighted by atomic mass is 32.1. The first-order valence-corrected chi connectivity index (χ1v) is 4.11. The molecule has 0 radical (unpaired) electrons. The molecule has 0 aromatic carbocycles. The predicted molar refractivity (Wildman–Crippen MR) is 45.6 cm³/mol. The number of hydrogen-bond acceptors (Lipinski definition) is 2. The molecule has 0 saturated carbocycles. The molecule has 1 rings (SSSR count). The molecule has 1 heterocycles. The summed E-state index contributed by atoms with van der Waals surface area (Å²) >= 11 is 4.12. The maximum atomic E-state index is 5.23. The van der Waals surface area contributed by atoms with Crippen LogP contribution in [-0.2, 0) is 6.42 Å². The lowest BCUT2D eigenvalue weighted by atomic mass is 10.2. The van der Waals surface area contributed by atoms with Crippen molar-refractivity contribution in [2.45, 2.75) is 19.8 Å². The fraction of sp³-hybridized carbons (Fsp3) is 0.500. The van der Waals surface area contributed by atoms with Gasteiger partial charge in [-0.1, -0.05) is 0 Å². The first kappa shape index (κ1) is 7.73. The van der Waals surface area contributed by atoms with Crippen LogP contribution in [0.4, 0.5) is 0 Å². The predicted octanol–water partition coefficient (Wildman–Crippen LogP) is 2.45. The number of rotatable bonds is 3. The number of aryl methyl sites for hydroxylation is 2. The molecule has 1 nitrogen and oxygen atoms in total. The second kappa shape index (κ2) is 3.71. The van der Waals surface area contributed by atoms with Crippen molar-refractivity contribution in [1.82, 2.24) is 0 Å². The Morgan fingerprint density at radius 3 is 2.90 bits per heavy atom. The zero-order valence-electron chi connectivity index (χ0n) is 6.13. The van der Waals surface area contributed by atoms with Crippen LogP contribution < -0.4 is 0 Å². The molecule has 0 spiro atoms. The van der Waals surface area contributed by atoms with Crippen LogP contribution in [-0.4, -0.2) is 5.75 Å². The quantitative estimate of drug-likeness (QED) is 0.663. The van der Waals surface area contributed by atoms with Gasteiger partial charge in [-0.05, 0) is 30.7 Å². The molecule has 0 fully saturated rings. The molecule has 10 heavy (non-hydrogen) atoms. The van der Waals surface area contributed by atoms with Gasteiger partial charge < -0.3 is 4.42 Å². The molecule has 2 heteroatoms. The topological polar surface area (TPSA) is 13.1 Å². The van der Waals surface area contributed by atoms with Crippen molar-refractivity contribution in [3.63, 3.8) is 0 Å². The number of thiol groups is 1. The second-order valence-electron chi connectivity index (χ2n) is 2.35. The van der Waals surface area contributed by atoms with Crippen LogP contribution in [0.15, 0.2) is 16.7 Å². The molecular formula is C8H12OS. The van der Waals surface area contributed by atoms with Gasteiger partial charge in [-0.25, -0.2) is 0 Å². The fourth-order valence-corrected chi connectivity index (χ4v) is 1.06. The molecule has 0 atom stereocenters. The molecule has 0 N–H and O–H groups in total. The van der Waals surface area contributed by atoms with Gasteiger partial charge in [0.15, 0.2) is 0 Å². The van der Waals surface area contributed by atoms with Gasteiger partial charge in [-0.2, -0.15) is 12.6 Å². The summed E-state index contributed by atoms with van der Waals surface area (Å²) in [6, 6.07) is 1.99. The molecule has 0 bridgehead atoms. The van der Waals surface area contributed by atoms with E-state index in [1.54, 1.807) is 6.26 Å². The largest absolute Gasteiger partial charge is 0.469 e. The number of furan rings is 1. The molecule has 0 amide bonds. The average molecular weight is 156 g/mol. The first-order valence-electron chi connectivity index (χ1n) is 3.48. The van der Waals surface area contributed by atoms with Gasteiger partial charge in [-0.15, -0.1) is 0 Å². The summed E-state index contributed by atoms with van der Waals surface area (Å²) in [6.07, 6.45) is 3.85. The van der Waals surface area contributed by atoms with Crippen LogP contribution in [0.3, 0.4) is 0 Å². The SMILES string of the molecule is Cc1ccoc1CCCS. The Bertz CT molecular complexity index is 193. The van der Waals surface area contributed by atoms with Crippen molar-refractivity contribution in [2.75, 3.05) is 5.75 Å². The third kappa shape index (κ3) is 1.81. The van der Waals surface area contributed by atoms with E-state index in [-0.39, 0.29) is 0 Å². The summed E-state index contributed by atoms with van der Waals surface area (Å²) in [5, 5.41) is 0. The lowest BCUT2D eigenvalue weighted by molar-refractivity contribution is 0.504. The smallest absolute Gasteiger partial charge is 0.106 e. The maximum absolute atomic E-state index is 5.23. The van der Waals surface area contributed by atoms with E-state index in [1.807, 2.05) is 6.07 Å². The van der Waals surface area contributed by atoms with Gasteiger partial charge in [0.2, 0.25) is 0 Å². The van der Waals surface area contributed by atoms with Gasteiger partial charge in [0, 0.05) is 6.42 Å². The van der Waals surface area contributed by atoms with Crippen molar-refractivity contribution in [3.8, 4) is 0 Å². The molecular weight excluding hydrogens is 144 g/mol. The molecule has 0 saturated heterocycles. The van der Waals surface area contributed by atoms with Crippen LogP contribution in [0.1, 0.15) is 17.7 Å². The van der Waals surface area contributed by atoms with E-state index in [4.69, 9.17) is 4.42 Å². The minimum atomic E-state index is 0.931. The highest BCUT2D eigenvalue weighted by Gasteiger charge is 1.98. The van der Waals surface area contributed by atoms with Gasteiger partial charge in [0.05, 0.1) is 6.26 Å². The van der Waals surface area contributed by atoms with Crippen LogP contribution in [0, 0.1) is 6.92 Å². The fourth-order valence-electron chi connectivity index (χ4n) is 0.900. The van der Waals surface area contributed by atoms with Gasteiger partial charge >= 0.3 is 0 Å². The number of hydrogen-bond donors (Lipinski definition) is 1. The molecule has 0 unspecified atom stereocenters. The highest BCUT2D eigenvalue weighted by molar-refractivity contribution is 7.80. The van der Waals surface area contributed by atoms with Crippen molar-refractivity contribution >= 4 is 12.6 Å². The van der Waals surface area contributed by atoms with Gasteiger partial charge in [0.25, 0.3) is 0 Å². The van der Waals surface area contributed by atoms with Gasteiger partial charge in [0.1, 0.15) is 5.76 Å². The summed E-state index contributed by atoms with van der Waals surface area (Å²) in [7, 11) is 0. The zero-order valence-corrected chi connectivity index (χ0v) is 7.03. The Labute approximate surface area is 66.8 Å². The Hall–Kier alpha value is -0.370. The third-order valence-electron chi connectivity index (χ3n) is 1.53. The van der Waals surface area contributed by atoms with E-state index in [2.05, 4.69) is 19.6 Å². The van der Waals surface area contributed by atoms with Crippen LogP contribution in [0.2, 0.25) is 0 Å². The lowest BCUT2D eigenvalue weighted by Gasteiger charge is -1.94. The normalized spacial score (nSPS) is 10.2. The second-order valence-corrected chi connectivity index (χ2v) is 2.80. The van der Waals surface area contributed by atoms with Crippen molar-refractivity contribution in [1.29, 1.82) is 0 Å². The molecule has 1 aromatic rings.